The number of aromatic hydroxyl groups is 1. The van der Waals surface area contributed by atoms with Crippen molar-refractivity contribution in [3.8, 4) is 11.5 Å². The van der Waals surface area contributed by atoms with Crippen LogP contribution in [0.1, 0.15) is 35.3 Å². The van der Waals surface area contributed by atoms with Crippen LogP contribution in [-0.4, -0.2) is 27.7 Å². The molecule has 0 saturated carbocycles. The molecule has 4 nitrogen and oxygen atoms in total. The SMILES string of the molecule is CC1(C)Oc2ccc(C(=O)/C=C/c3ccccc3)c(O)c2C[C@H]1O. The van der Waals surface area contributed by atoms with Crippen LogP contribution in [-0.2, 0) is 6.42 Å². The zero-order valence-corrected chi connectivity index (χ0v) is 13.7. The van der Waals surface area contributed by atoms with E-state index in [4.69, 9.17) is 4.74 Å². The molecule has 1 atom stereocenters. The Morgan fingerprint density at radius 2 is 1.92 bits per heavy atom. The van der Waals surface area contributed by atoms with E-state index in [0.717, 1.165) is 5.56 Å². The Bertz CT molecular complexity index is 791. The number of rotatable bonds is 3. The minimum absolute atomic E-state index is 0.121. The second-order valence-corrected chi connectivity index (χ2v) is 6.47. The van der Waals surface area contributed by atoms with Crippen molar-refractivity contribution in [1.82, 2.24) is 0 Å². The molecule has 124 valence electrons. The number of carbonyl (C=O) groups is 1. The molecule has 24 heavy (non-hydrogen) atoms. The van der Waals surface area contributed by atoms with E-state index >= 15 is 0 Å². The maximum absolute atomic E-state index is 12.4. The Morgan fingerprint density at radius 1 is 1.21 bits per heavy atom. The largest absolute Gasteiger partial charge is 0.507 e. The van der Waals surface area contributed by atoms with E-state index in [9.17, 15) is 15.0 Å². The van der Waals surface area contributed by atoms with Crippen molar-refractivity contribution in [3.63, 3.8) is 0 Å². The summed E-state index contributed by atoms with van der Waals surface area (Å²) in [6.07, 6.45) is 2.63. The molecule has 3 rings (SSSR count). The lowest BCUT2D eigenvalue weighted by atomic mass is 9.89. The summed E-state index contributed by atoms with van der Waals surface area (Å²) in [4.78, 5) is 12.4. The molecule has 0 radical (unpaired) electrons. The molecule has 0 bridgehead atoms. The number of fused-ring (bicyclic) bond motifs is 1. The molecule has 2 aromatic rings. The molecule has 0 unspecified atom stereocenters. The first-order chi connectivity index (χ1) is 11.4. The van der Waals surface area contributed by atoms with Crippen molar-refractivity contribution < 1.29 is 19.7 Å². The standard InChI is InChI=1S/C20H20O4/c1-20(2)18(22)12-15-17(24-20)11-9-14(19(15)23)16(21)10-8-13-6-4-3-5-7-13/h3-11,18,22-23H,12H2,1-2H3/b10-8+/t18-/m1/s1. The molecule has 2 aromatic carbocycles. The fraction of sp³-hybridized carbons (Fsp3) is 0.250. The van der Waals surface area contributed by atoms with E-state index in [1.54, 1.807) is 32.1 Å². The van der Waals surface area contributed by atoms with Gasteiger partial charge < -0.3 is 14.9 Å². The van der Waals surface area contributed by atoms with Crippen molar-refractivity contribution in [1.29, 1.82) is 0 Å². The van der Waals surface area contributed by atoms with Crippen LogP contribution < -0.4 is 4.74 Å². The topological polar surface area (TPSA) is 66.8 Å². The van der Waals surface area contributed by atoms with Crippen molar-refractivity contribution in [2.24, 2.45) is 0 Å². The first-order valence-corrected chi connectivity index (χ1v) is 7.88. The summed E-state index contributed by atoms with van der Waals surface area (Å²) < 4.78 is 5.74. The number of ketones is 1. The smallest absolute Gasteiger partial charge is 0.189 e. The Hall–Kier alpha value is -2.59. The van der Waals surface area contributed by atoms with E-state index in [-0.39, 0.29) is 23.5 Å². The molecule has 1 aliphatic rings. The van der Waals surface area contributed by atoms with Crippen LogP contribution in [0.25, 0.3) is 6.08 Å². The zero-order chi connectivity index (χ0) is 17.3. The number of allylic oxidation sites excluding steroid dienone is 1. The lowest BCUT2D eigenvalue weighted by Crippen LogP contribution is -2.46. The third-order valence-electron chi connectivity index (χ3n) is 4.30. The average molecular weight is 324 g/mol. The minimum atomic E-state index is -0.749. The quantitative estimate of drug-likeness (QED) is 0.671. The van der Waals surface area contributed by atoms with E-state index < -0.39 is 11.7 Å². The molecular formula is C20H20O4. The van der Waals surface area contributed by atoms with Crippen LogP contribution in [0.5, 0.6) is 11.5 Å². The van der Waals surface area contributed by atoms with Gasteiger partial charge >= 0.3 is 0 Å². The van der Waals surface area contributed by atoms with Gasteiger partial charge in [-0.1, -0.05) is 36.4 Å². The summed E-state index contributed by atoms with van der Waals surface area (Å²) in [7, 11) is 0. The number of aliphatic hydroxyl groups excluding tert-OH is 1. The van der Waals surface area contributed by atoms with Gasteiger partial charge in [0.15, 0.2) is 5.78 Å². The van der Waals surface area contributed by atoms with E-state index in [1.807, 2.05) is 30.3 Å². The minimum Gasteiger partial charge on any atom is -0.507 e. The van der Waals surface area contributed by atoms with E-state index in [1.165, 1.54) is 6.08 Å². The van der Waals surface area contributed by atoms with E-state index in [2.05, 4.69) is 0 Å². The van der Waals surface area contributed by atoms with Gasteiger partial charge in [0.1, 0.15) is 17.1 Å². The fourth-order valence-electron chi connectivity index (χ4n) is 2.73. The van der Waals surface area contributed by atoms with Gasteiger partial charge in [-0.2, -0.15) is 0 Å². The highest BCUT2D eigenvalue weighted by Crippen LogP contribution is 2.40. The van der Waals surface area contributed by atoms with Crippen LogP contribution in [0.3, 0.4) is 0 Å². The third-order valence-corrected chi connectivity index (χ3v) is 4.30. The second kappa shape index (κ2) is 6.13. The summed E-state index contributed by atoms with van der Waals surface area (Å²) in [6.45, 7) is 3.58. The molecule has 0 amide bonds. The summed E-state index contributed by atoms with van der Waals surface area (Å²) >= 11 is 0. The first kappa shape index (κ1) is 16.3. The number of phenols is 1. The van der Waals surface area contributed by atoms with Crippen LogP contribution in [0.2, 0.25) is 0 Å². The Morgan fingerprint density at radius 3 is 2.62 bits per heavy atom. The summed E-state index contributed by atoms with van der Waals surface area (Å²) in [5, 5.41) is 20.6. The molecular weight excluding hydrogens is 304 g/mol. The molecule has 0 saturated heterocycles. The van der Waals surface area contributed by atoms with Gasteiger partial charge in [-0.15, -0.1) is 0 Å². The highest BCUT2D eigenvalue weighted by Gasteiger charge is 2.37. The van der Waals surface area contributed by atoms with Crippen LogP contribution in [0, 0.1) is 0 Å². The molecule has 4 heteroatoms. The Labute approximate surface area is 141 Å². The number of ether oxygens (including phenoxy) is 1. The normalized spacial score (nSPS) is 18.9. The number of aliphatic hydroxyl groups is 1. The number of benzene rings is 2. The number of phenolic OH excluding ortho intramolecular Hbond substituents is 1. The van der Waals surface area contributed by atoms with Crippen molar-refractivity contribution in [3.05, 3.63) is 65.2 Å². The number of carbonyl (C=O) groups excluding carboxylic acids is 1. The molecule has 0 aromatic heterocycles. The Balaban J connectivity index is 1.89. The third kappa shape index (κ3) is 3.05. The Kier molecular flexibility index (Phi) is 4.16. The van der Waals surface area contributed by atoms with Crippen molar-refractivity contribution in [2.75, 3.05) is 0 Å². The van der Waals surface area contributed by atoms with Gasteiger partial charge in [-0.05, 0) is 37.6 Å². The van der Waals surface area contributed by atoms with Crippen molar-refractivity contribution >= 4 is 11.9 Å². The molecule has 1 heterocycles. The number of hydrogen-bond donors (Lipinski definition) is 2. The van der Waals surface area contributed by atoms with Gasteiger partial charge in [0.25, 0.3) is 0 Å². The lowest BCUT2D eigenvalue weighted by molar-refractivity contribution is -0.0417. The van der Waals surface area contributed by atoms with Crippen LogP contribution in [0.4, 0.5) is 0 Å². The van der Waals surface area contributed by atoms with Crippen LogP contribution >= 0.6 is 0 Å². The summed E-state index contributed by atoms with van der Waals surface area (Å²) in [5.41, 5.74) is 0.860. The number of hydrogen-bond acceptors (Lipinski definition) is 4. The predicted octanol–water partition coefficient (Wildman–Crippen LogP) is 3.36. The molecule has 2 N–H and O–H groups in total. The van der Waals surface area contributed by atoms with Gasteiger partial charge in [0.05, 0.1) is 11.7 Å². The second-order valence-electron chi connectivity index (χ2n) is 6.47. The molecule has 0 spiro atoms. The van der Waals surface area contributed by atoms with Gasteiger partial charge in [-0.3, -0.25) is 4.79 Å². The molecule has 0 aliphatic carbocycles. The maximum atomic E-state index is 12.4. The summed E-state index contributed by atoms with van der Waals surface area (Å²) in [5.74, 6) is 0.0922. The zero-order valence-electron chi connectivity index (χ0n) is 13.7. The predicted molar refractivity (Wildman–Crippen MR) is 92.3 cm³/mol. The van der Waals surface area contributed by atoms with E-state index in [0.29, 0.717) is 11.3 Å². The van der Waals surface area contributed by atoms with Gasteiger partial charge in [0, 0.05) is 12.0 Å². The van der Waals surface area contributed by atoms with Crippen molar-refractivity contribution in [2.45, 2.75) is 32.0 Å². The monoisotopic (exact) mass is 324 g/mol. The maximum Gasteiger partial charge on any atom is 0.189 e. The highest BCUT2D eigenvalue weighted by molar-refractivity contribution is 6.09. The highest BCUT2D eigenvalue weighted by atomic mass is 16.5. The average Bonchev–Trinajstić information content (AvgIpc) is 2.55. The molecule has 1 aliphatic heterocycles. The first-order valence-electron chi connectivity index (χ1n) is 7.88. The summed E-state index contributed by atoms with van der Waals surface area (Å²) in [6, 6.07) is 12.7. The molecule has 0 fully saturated rings. The van der Waals surface area contributed by atoms with Gasteiger partial charge in [0.2, 0.25) is 0 Å². The lowest BCUT2D eigenvalue weighted by Gasteiger charge is -2.37. The van der Waals surface area contributed by atoms with Crippen LogP contribution in [0.15, 0.2) is 48.5 Å². The van der Waals surface area contributed by atoms with Gasteiger partial charge in [-0.25, -0.2) is 0 Å². The fourth-order valence-corrected chi connectivity index (χ4v) is 2.73.